The van der Waals surface area contributed by atoms with Crippen LogP contribution in [0.3, 0.4) is 0 Å². The predicted octanol–water partition coefficient (Wildman–Crippen LogP) is 5.27. The van der Waals surface area contributed by atoms with E-state index in [1.54, 1.807) is 32.9 Å². The van der Waals surface area contributed by atoms with Gasteiger partial charge in [-0.1, -0.05) is 99.0 Å². The van der Waals surface area contributed by atoms with E-state index in [-0.39, 0.29) is 30.3 Å². The van der Waals surface area contributed by atoms with E-state index in [9.17, 15) is 32.8 Å². The van der Waals surface area contributed by atoms with Crippen LogP contribution >= 0.6 is 20.8 Å². The number of ketones is 1. The molecule has 0 aromatic heterocycles. The number of carbonyl (C=O) groups is 5. The highest BCUT2D eigenvalue weighted by molar-refractivity contribution is 7.17. The Kier molecular flexibility index (Phi) is 14.9. The third-order valence-corrected chi connectivity index (χ3v) is 9.58. The molecule has 15 heteroatoms. The topological polar surface area (TPSA) is 154 Å². The number of hydrogen-bond donors (Lipinski definition) is 4. The van der Waals surface area contributed by atoms with Crippen LogP contribution in [-0.4, -0.2) is 77.1 Å². The first-order chi connectivity index (χ1) is 23.9. The number of halogens is 3. The second kappa shape index (κ2) is 18.2. The smallest absolute Gasteiger partial charge is 0.319 e. The average molecular weight is 751 g/mol. The first-order valence-corrected chi connectivity index (χ1v) is 18.1. The Morgan fingerprint density at radius 1 is 0.961 bits per heavy atom. The van der Waals surface area contributed by atoms with Crippen LogP contribution in [0.4, 0.5) is 19.3 Å². The number of hydrogen-bond acceptors (Lipinski definition) is 6. The summed E-state index contributed by atoms with van der Waals surface area (Å²) in [5, 5.41) is 8.64. The van der Waals surface area contributed by atoms with Crippen LogP contribution in [0.15, 0.2) is 48.5 Å². The molecule has 0 spiro atoms. The van der Waals surface area contributed by atoms with Crippen LogP contribution < -0.4 is 21.7 Å². The van der Waals surface area contributed by atoms with E-state index in [2.05, 4.69) is 16.0 Å². The number of piperazine rings is 1. The maximum absolute atomic E-state index is 14.1. The van der Waals surface area contributed by atoms with E-state index in [4.69, 9.17) is 17.3 Å². The van der Waals surface area contributed by atoms with Gasteiger partial charge in [-0.05, 0) is 47.6 Å². The van der Waals surface area contributed by atoms with Gasteiger partial charge in [0, 0.05) is 42.5 Å². The number of urea groups is 1. The zero-order chi connectivity index (χ0) is 38.1. The molecule has 2 aromatic carbocycles. The molecule has 4 rings (SSSR count). The van der Waals surface area contributed by atoms with E-state index in [0.29, 0.717) is 24.5 Å². The van der Waals surface area contributed by atoms with E-state index in [0.717, 1.165) is 24.8 Å². The lowest BCUT2D eigenvalue weighted by atomic mass is 9.80. The van der Waals surface area contributed by atoms with Gasteiger partial charge in [-0.15, -0.1) is 0 Å². The van der Waals surface area contributed by atoms with Gasteiger partial charge in [-0.2, -0.15) is 8.78 Å². The van der Waals surface area contributed by atoms with Crippen molar-refractivity contribution in [3.63, 3.8) is 0 Å². The van der Waals surface area contributed by atoms with Gasteiger partial charge >= 0.3 is 6.03 Å². The van der Waals surface area contributed by atoms with Crippen molar-refractivity contribution >= 4 is 56.1 Å². The van der Waals surface area contributed by atoms with E-state index >= 15 is 0 Å². The molecule has 2 fully saturated rings. The molecule has 1 aliphatic carbocycles. The zero-order valence-corrected chi connectivity index (χ0v) is 31.7. The maximum atomic E-state index is 14.1. The van der Waals surface area contributed by atoms with E-state index in [1.165, 1.54) is 38.4 Å². The largest absolute Gasteiger partial charge is 0.363 e. The standard InChI is InChI=1S/C34H44ClF2N6O5P.C2H6/c1-33(2,3)28(41-32(48)39-24-13-9-22(10-14-24)34(36,37)49)31(47)43-16-15-42(18-21-7-11-23(35)12-8-21)26(19-43)30(46)40-25(27(44)29(38)45)17-20-5-4-6-20;1-2/h7-14,20,25-26,28H,4-6,15-19,49H2,1-3H3,(H2,38,45)(H,40,46)(H2,39,41,48);1-2H3/t25?,26-,28-;/m1./s1. The lowest BCUT2D eigenvalue weighted by Gasteiger charge is -2.43. The highest BCUT2D eigenvalue weighted by atomic mass is 35.5. The lowest BCUT2D eigenvalue weighted by molar-refractivity contribution is -0.143. The average Bonchev–Trinajstić information content (AvgIpc) is 3.05. The van der Waals surface area contributed by atoms with Crippen LogP contribution in [0.25, 0.3) is 0 Å². The molecule has 1 aliphatic heterocycles. The SMILES string of the molecule is CC.CC(C)(C)[C@H](NC(=O)Nc1ccc(C(F)(F)P)cc1)C(=O)N1CCN(Cc2ccc(Cl)cc2)[C@@H](C(=O)NC(CC2CCC2)C(=O)C(N)=O)C1. The zero-order valence-electron chi connectivity index (χ0n) is 29.8. The molecule has 5 amide bonds. The van der Waals surface area contributed by atoms with Crippen LogP contribution in [0.1, 0.15) is 71.4 Å². The van der Waals surface area contributed by atoms with Crippen molar-refractivity contribution in [2.24, 2.45) is 17.1 Å². The van der Waals surface area contributed by atoms with Crippen molar-refractivity contribution < 1.29 is 32.8 Å². The fourth-order valence-electron chi connectivity index (χ4n) is 5.92. The molecule has 51 heavy (non-hydrogen) atoms. The number of amides is 5. The Balaban J connectivity index is 0.00000345. The number of benzene rings is 2. The third kappa shape index (κ3) is 11.9. The highest BCUT2D eigenvalue weighted by Crippen LogP contribution is 2.35. The minimum Gasteiger partial charge on any atom is -0.363 e. The molecular weight excluding hydrogens is 701 g/mol. The Bertz CT molecular complexity index is 1530. The summed E-state index contributed by atoms with van der Waals surface area (Å²) in [5.41, 5.74) is 2.34. The first-order valence-electron chi connectivity index (χ1n) is 17.2. The summed E-state index contributed by atoms with van der Waals surface area (Å²) in [4.78, 5) is 69.1. The monoisotopic (exact) mass is 750 g/mol. The highest BCUT2D eigenvalue weighted by Gasteiger charge is 2.42. The quantitative estimate of drug-likeness (QED) is 0.171. The molecule has 2 aromatic rings. The van der Waals surface area contributed by atoms with Crippen molar-refractivity contribution in [3.05, 3.63) is 64.7 Å². The number of nitrogens with two attached hydrogens (primary N) is 1. The number of alkyl halides is 2. The molecule has 5 N–H and O–H groups in total. The van der Waals surface area contributed by atoms with Crippen LogP contribution in [-0.2, 0) is 31.4 Å². The summed E-state index contributed by atoms with van der Waals surface area (Å²) in [7, 11) is 1.46. The van der Waals surface area contributed by atoms with Gasteiger partial charge in [0.2, 0.25) is 17.6 Å². The minimum absolute atomic E-state index is 0.0558. The van der Waals surface area contributed by atoms with Crippen LogP contribution in [0.2, 0.25) is 5.02 Å². The number of anilines is 1. The van der Waals surface area contributed by atoms with Crippen molar-refractivity contribution in [2.75, 3.05) is 25.0 Å². The fourth-order valence-corrected chi connectivity index (χ4v) is 6.24. The van der Waals surface area contributed by atoms with Gasteiger partial charge in [0.25, 0.3) is 11.6 Å². The van der Waals surface area contributed by atoms with Crippen molar-refractivity contribution in [1.29, 1.82) is 0 Å². The summed E-state index contributed by atoms with van der Waals surface area (Å²) in [6.07, 6.45) is 3.09. The second-order valence-corrected chi connectivity index (χ2v) is 15.0. The van der Waals surface area contributed by atoms with Gasteiger partial charge in [0.05, 0.1) is 6.04 Å². The summed E-state index contributed by atoms with van der Waals surface area (Å²) < 4.78 is 27.2. The molecule has 0 bridgehead atoms. The van der Waals surface area contributed by atoms with Crippen molar-refractivity contribution in [3.8, 4) is 0 Å². The van der Waals surface area contributed by atoms with E-state index < -0.39 is 58.7 Å². The van der Waals surface area contributed by atoms with Gasteiger partial charge in [0.1, 0.15) is 12.1 Å². The van der Waals surface area contributed by atoms with Gasteiger partial charge in [-0.3, -0.25) is 24.1 Å². The fraction of sp³-hybridized carbons (Fsp3) is 0.528. The number of primary amides is 1. The van der Waals surface area contributed by atoms with E-state index in [1.807, 2.05) is 30.9 Å². The Hall–Kier alpha value is -3.67. The number of Topliss-reactive ketones (excluding diaryl/α,β-unsaturated/α-hetero) is 1. The Labute approximate surface area is 306 Å². The summed E-state index contributed by atoms with van der Waals surface area (Å²) in [6, 6.07) is 8.49. The van der Waals surface area contributed by atoms with Gasteiger partial charge < -0.3 is 26.6 Å². The molecule has 280 valence electrons. The minimum atomic E-state index is -3.12. The van der Waals surface area contributed by atoms with Crippen molar-refractivity contribution in [1.82, 2.24) is 20.4 Å². The molecule has 2 unspecified atom stereocenters. The lowest BCUT2D eigenvalue weighted by Crippen LogP contribution is -2.64. The number of nitrogens with one attached hydrogen (secondary N) is 3. The molecule has 1 saturated carbocycles. The van der Waals surface area contributed by atoms with Gasteiger partial charge in [0.15, 0.2) is 0 Å². The number of nitrogens with zero attached hydrogens (tertiary/aromatic N) is 2. The van der Waals surface area contributed by atoms with Gasteiger partial charge in [-0.25, -0.2) is 4.79 Å². The third-order valence-electron chi connectivity index (χ3n) is 8.99. The number of carbonyl (C=O) groups excluding carboxylic acids is 5. The molecule has 4 atom stereocenters. The summed E-state index contributed by atoms with van der Waals surface area (Å²) >= 11 is 6.07. The molecule has 11 nitrogen and oxygen atoms in total. The summed E-state index contributed by atoms with van der Waals surface area (Å²) in [6.45, 7) is 10.2. The van der Waals surface area contributed by atoms with Crippen molar-refractivity contribution in [2.45, 2.75) is 90.6 Å². The molecule has 1 saturated heterocycles. The Morgan fingerprint density at radius 2 is 1.57 bits per heavy atom. The molecule has 0 radical (unpaired) electrons. The number of rotatable bonds is 12. The maximum Gasteiger partial charge on any atom is 0.319 e. The molecule has 2 aliphatic rings. The Morgan fingerprint density at radius 3 is 2.08 bits per heavy atom. The first kappa shape index (κ1) is 41.7. The predicted molar refractivity (Wildman–Crippen MR) is 197 cm³/mol. The summed E-state index contributed by atoms with van der Waals surface area (Å²) in [5.74, 6) is -2.75. The van der Waals surface area contributed by atoms with Crippen LogP contribution in [0, 0.1) is 11.3 Å². The molecule has 1 heterocycles. The molecular formula is C36H50ClF2N6O5P. The van der Waals surface area contributed by atoms with Crippen LogP contribution in [0.5, 0.6) is 0 Å². The second-order valence-electron chi connectivity index (χ2n) is 13.8. The normalized spacial score (nSPS) is 17.9.